The zero-order valence-corrected chi connectivity index (χ0v) is 27.4. The molecule has 2 aromatic rings. The molecule has 5 atom stereocenters. The first kappa shape index (κ1) is 32.7. The highest BCUT2D eigenvalue weighted by Crippen LogP contribution is 2.58. The predicted molar refractivity (Wildman–Crippen MR) is 171 cm³/mol. The fourth-order valence-electron chi connectivity index (χ4n) is 7.52. The van der Waals surface area contributed by atoms with Crippen LogP contribution in [-0.2, 0) is 28.7 Å². The zero-order valence-electron chi connectivity index (χ0n) is 27.4. The van der Waals surface area contributed by atoms with Gasteiger partial charge in [-0.15, -0.1) is 0 Å². The molecule has 45 heavy (non-hydrogen) atoms. The Morgan fingerprint density at radius 3 is 1.69 bits per heavy atom. The molecule has 0 radical (unpaired) electrons. The third-order valence-electron chi connectivity index (χ3n) is 10.8. The van der Waals surface area contributed by atoms with Gasteiger partial charge in [-0.1, -0.05) is 67.6 Å². The van der Waals surface area contributed by atoms with Crippen molar-refractivity contribution in [2.24, 2.45) is 28.6 Å². The van der Waals surface area contributed by atoms with Gasteiger partial charge >= 0.3 is 11.9 Å². The topological polar surface area (TPSA) is 93.2 Å². The summed E-state index contributed by atoms with van der Waals surface area (Å²) in [5.74, 6) is 0.137. The molecule has 2 heterocycles. The Morgan fingerprint density at radius 2 is 1.22 bits per heavy atom. The number of amides is 2. The van der Waals surface area contributed by atoms with Gasteiger partial charge in [-0.2, -0.15) is 0 Å². The molecule has 2 amide bonds. The van der Waals surface area contributed by atoms with E-state index in [4.69, 9.17) is 9.47 Å². The Kier molecular flexibility index (Phi) is 9.71. The number of hydrogen-bond donors (Lipinski definition) is 0. The number of carbonyl (C=O) groups excluding carboxylic acids is 4. The highest BCUT2D eigenvalue weighted by atomic mass is 16.5. The second kappa shape index (κ2) is 13.4. The molecular weight excluding hydrogens is 568 g/mol. The third kappa shape index (κ3) is 6.38. The molecule has 4 aliphatic rings. The maximum absolute atomic E-state index is 12.8. The second-order valence-corrected chi connectivity index (χ2v) is 13.3. The summed E-state index contributed by atoms with van der Waals surface area (Å²) in [6, 6.07) is 20.2. The largest absolute Gasteiger partial charge is 0.466 e. The van der Waals surface area contributed by atoms with Gasteiger partial charge in [0.05, 0.1) is 36.1 Å². The van der Waals surface area contributed by atoms with E-state index in [0.717, 1.165) is 36.8 Å². The molecular formula is C37H48N2O6. The van der Waals surface area contributed by atoms with Crippen LogP contribution in [0.1, 0.15) is 89.9 Å². The van der Waals surface area contributed by atoms with Gasteiger partial charge in [-0.25, -0.2) is 0 Å². The van der Waals surface area contributed by atoms with Crippen molar-refractivity contribution in [1.82, 2.24) is 9.80 Å². The van der Waals surface area contributed by atoms with E-state index in [1.165, 1.54) is 0 Å². The average molecular weight is 617 g/mol. The molecule has 6 rings (SSSR count). The van der Waals surface area contributed by atoms with Crippen LogP contribution in [0.2, 0.25) is 0 Å². The Balaban J connectivity index is 0.000000178. The Labute approximate surface area is 267 Å². The van der Waals surface area contributed by atoms with Crippen LogP contribution in [0.5, 0.6) is 0 Å². The normalized spacial score (nSPS) is 25.6. The minimum absolute atomic E-state index is 0.0362. The van der Waals surface area contributed by atoms with Crippen LogP contribution < -0.4 is 0 Å². The van der Waals surface area contributed by atoms with Crippen LogP contribution in [0.4, 0.5) is 0 Å². The van der Waals surface area contributed by atoms with Gasteiger partial charge in [-0.05, 0) is 64.5 Å². The van der Waals surface area contributed by atoms with E-state index in [-0.39, 0.29) is 53.6 Å². The van der Waals surface area contributed by atoms with Gasteiger partial charge in [0.15, 0.2) is 0 Å². The summed E-state index contributed by atoms with van der Waals surface area (Å²) in [5.41, 5.74) is 1.46. The molecule has 8 nitrogen and oxygen atoms in total. The molecule has 0 aromatic heterocycles. The van der Waals surface area contributed by atoms with Crippen LogP contribution in [0.25, 0.3) is 0 Å². The van der Waals surface area contributed by atoms with E-state index in [1.54, 1.807) is 0 Å². The second-order valence-electron chi connectivity index (χ2n) is 13.3. The van der Waals surface area contributed by atoms with Crippen molar-refractivity contribution in [3.05, 3.63) is 71.8 Å². The van der Waals surface area contributed by atoms with Crippen molar-refractivity contribution < 1.29 is 28.7 Å². The number of ether oxygens (including phenoxy) is 2. The van der Waals surface area contributed by atoms with E-state index in [9.17, 15) is 19.2 Å². The van der Waals surface area contributed by atoms with E-state index < -0.39 is 10.8 Å². The lowest BCUT2D eigenvalue weighted by Crippen LogP contribution is -2.32. The minimum atomic E-state index is -0.420. The van der Waals surface area contributed by atoms with Gasteiger partial charge < -0.3 is 19.3 Å². The van der Waals surface area contributed by atoms with Gasteiger partial charge in [0.2, 0.25) is 11.8 Å². The zero-order chi connectivity index (χ0) is 32.4. The number of carbonyl (C=O) groups is 4. The molecule has 2 saturated heterocycles. The molecule has 0 spiro atoms. The highest BCUT2D eigenvalue weighted by Gasteiger charge is 2.62. The maximum Gasteiger partial charge on any atom is 0.312 e. The number of benzene rings is 2. The lowest BCUT2D eigenvalue weighted by atomic mass is 9.82. The quantitative estimate of drug-likeness (QED) is 0.299. The van der Waals surface area contributed by atoms with Crippen molar-refractivity contribution in [3.8, 4) is 0 Å². The molecule has 0 N–H and O–H groups in total. The Bertz CT molecular complexity index is 1370. The van der Waals surface area contributed by atoms with Crippen LogP contribution in [-0.4, -0.2) is 59.9 Å². The number of hydrogen-bond acceptors (Lipinski definition) is 6. The summed E-state index contributed by atoms with van der Waals surface area (Å²) in [4.78, 5) is 53.6. The third-order valence-corrected chi connectivity index (χ3v) is 10.8. The summed E-state index contributed by atoms with van der Waals surface area (Å²) >= 11 is 0. The van der Waals surface area contributed by atoms with Crippen LogP contribution in [0.15, 0.2) is 60.7 Å². The predicted octanol–water partition coefficient (Wildman–Crippen LogP) is 6.12. The maximum atomic E-state index is 12.8. The molecule has 8 heteroatoms. The van der Waals surface area contributed by atoms with Crippen molar-refractivity contribution in [1.29, 1.82) is 0 Å². The van der Waals surface area contributed by atoms with Crippen molar-refractivity contribution in [3.63, 3.8) is 0 Å². The summed E-state index contributed by atoms with van der Waals surface area (Å²) in [6.45, 7) is 11.9. The molecule has 2 aromatic carbocycles. The Morgan fingerprint density at radius 1 is 0.756 bits per heavy atom. The molecule has 4 fully saturated rings. The molecule has 2 aliphatic heterocycles. The fraction of sp³-hybridized carbons (Fsp3) is 0.568. The Hall–Kier alpha value is -3.68. The number of rotatable bonds is 10. The van der Waals surface area contributed by atoms with Crippen molar-refractivity contribution in [2.45, 2.75) is 78.8 Å². The lowest BCUT2D eigenvalue weighted by molar-refractivity contribution is -0.153. The first-order valence-electron chi connectivity index (χ1n) is 16.6. The van der Waals surface area contributed by atoms with E-state index in [2.05, 4.69) is 13.8 Å². The van der Waals surface area contributed by atoms with Crippen molar-refractivity contribution >= 4 is 23.8 Å². The smallest absolute Gasteiger partial charge is 0.312 e. The van der Waals surface area contributed by atoms with Gasteiger partial charge in [0, 0.05) is 37.3 Å². The van der Waals surface area contributed by atoms with Gasteiger partial charge in [0.1, 0.15) is 0 Å². The summed E-state index contributed by atoms with van der Waals surface area (Å²) in [7, 11) is 0. The van der Waals surface area contributed by atoms with E-state index in [1.807, 2.05) is 91.2 Å². The molecule has 2 saturated carbocycles. The summed E-state index contributed by atoms with van der Waals surface area (Å²) in [6.07, 6.45) is 3.88. The number of esters is 2. The monoisotopic (exact) mass is 616 g/mol. The SMILES string of the molecule is CCOC(=O)C1([C@@H]2CC(=O)N(C(C)c3ccccc3)C2)CC1.CCOC(=O)C1([C@H]2CN(C(C)c3ccccc3)C(=O)C2C)CC1. The van der Waals surface area contributed by atoms with E-state index >= 15 is 0 Å². The summed E-state index contributed by atoms with van der Waals surface area (Å²) < 4.78 is 10.5. The fourth-order valence-corrected chi connectivity index (χ4v) is 7.52. The minimum Gasteiger partial charge on any atom is -0.466 e. The molecule has 242 valence electrons. The van der Waals surface area contributed by atoms with Crippen molar-refractivity contribution in [2.75, 3.05) is 26.3 Å². The van der Waals surface area contributed by atoms with Crippen LogP contribution >= 0.6 is 0 Å². The first-order valence-corrected chi connectivity index (χ1v) is 16.6. The van der Waals surface area contributed by atoms with Crippen LogP contribution in [0.3, 0.4) is 0 Å². The van der Waals surface area contributed by atoms with Crippen LogP contribution in [0, 0.1) is 28.6 Å². The average Bonchev–Trinajstić information content (AvgIpc) is 3.98. The molecule has 3 unspecified atom stereocenters. The molecule has 2 aliphatic carbocycles. The highest BCUT2D eigenvalue weighted by molar-refractivity contribution is 5.86. The first-order chi connectivity index (χ1) is 21.6. The summed E-state index contributed by atoms with van der Waals surface area (Å²) in [5, 5.41) is 0. The standard InChI is InChI=1S/C19H25NO3.C18H23NO3/c1-4-23-18(22)19(10-11-19)16-12-20(17(21)13(16)2)14(3)15-8-6-5-7-9-15;1-3-22-17(21)18(9-10-18)15-11-16(20)19(12-15)13(2)14-7-5-4-6-8-14/h5-9,13-14,16H,4,10-12H2,1-3H3;4-8,13,15H,3,9-12H2,1-2H3/t13?,14?,16-;13?,15-/m01/s1. The lowest BCUT2D eigenvalue weighted by Gasteiger charge is -2.26. The van der Waals surface area contributed by atoms with Gasteiger partial charge in [0.25, 0.3) is 0 Å². The van der Waals surface area contributed by atoms with Gasteiger partial charge in [-0.3, -0.25) is 19.2 Å². The number of nitrogens with zero attached hydrogens (tertiary/aromatic N) is 2. The number of likely N-dealkylation sites (tertiary alicyclic amines) is 2. The molecule has 0 bridgehead atoms. The van der Waals surface area contributed by atoms with E-state index in [0.29, 0.717) is 32.7 Å².